The van der Waals surface area contributed by atoms with E-state index < -0.39 is 0 Å². The molecular formula is C12H23N3O. The van der Waals surface area contributed by atoms with Gasteiger partial charge < -0.3 is 10.4 Å². The van der Waals surface area contributed by atoms with E-state index in [0.717, 1.165) is 18.4 Å². The number of nitrogens with one attached hydrogen (secondary N) is 1. The average Bonchev–Trinajstić information content (AvgIpc) is 2.65. The Morgan fingerprint density at radius 3 is 2.75 bits per heavy atom. The second-order valence-corrected chi connectivity index (χ2v) is 4.78. The van der Waals surface area contributed by atoms with Gasteiger partial charge in [0.1, 0.15) is 0 Å². The van der Waals surface area contributed by atoms with Crippen LogP contribution in [-0.4, -0.2) is 27.0 Å². The van der Waals surface area contributed by atoms with Gasteiger partial charge in [-0.15, -0.1) is 0 Å². The van der Waals surface area contributed by atoms with Crippen molar-refractivity contribution in [3.05, 3.63) is 18.0 Å². The molecule has 0 aliphatic heterocycles. The summed E-state index contributed by atoms with van der Waals surface area (Å²) < 4.78 is 1.80. The number of rotatable bonds is 6. The van der Waals surface area contributed by atoms with E-state index in [4.69, 9.17) is 0 Å². The molecule has 2 N–H and O–H groups in total. The topological polar surface area (TPSA) is 50.1 Å². The van der Waals surface area contributed by atoms with Crippen molar-refractivity contribution in [1.29, 1.82) is 0 Å². The van der Waals surface area contributed by atoms with Gasteiger partial charge in [0, 0.05) is 30.4 Å². The van der Waals surface area contributed by atoms with Crippen LogP contribution in [0.4, 0.5) is 0 Å². The molecule has 1 aromatic rings. The van der Waals surface area contributed by atoms with Crippen LogP contribution in [0.15, 0.2) is 12.4 Å². The Morgan fingerprint density at radius 2 is 2.31 bits per heavy atom. The van der Waals surface area contributed by atoms with Gasteiger partial charge in [0.05, 0.1) is 12.8 Å². The lowest BCUT2D eigenvalue weighted by Gasteiger charge is -2.31. The molecular weight excluding hydrogens is 202 g/mol. The zero-order chi connectivity index (χ0) is 12.2. The number of hydrogen-bond donors (Lipinski definition) is 2. The lowest BCUT2D eigenvalue weighted by molar-refractivity contribution is 0.154. The first-order valence-electron chi connectivity index (χ1n) is 5.88. The van der Waals surface area contributed by atoms with E-state index in [-0.39, 0.29) is 18.2 Å². The van der Waals surface area contributed by atoms with Gasteiger partial charge in [0.2, 0.25) is 0 Å². The zero-order valence-electron chi connectivity index (χ0n) is 10.7. The largest absolute Gasteiger partial charge is 0.394 e. The van der Waals surface area contributed by atoms with E-state index in [1.165, 1.54) is 0 Å². The van der Waals surface area contributed by atoms with Crippen LogP contribution < -0.4 is 5.32 Å². The molecule has 0 bridgehead atoms. The van der Waals surface area contributed by atoms with Crippen LogP contribution in [-0.2, 0) is 7.05 Å². The summed E-state index contributed by atoms with van der Waals surface area (Å²) in [4.78, 5) is 0. The van der Waals surface area contributed by atoms with Crippen LogP contribution in [0.1, 0.15) is 45.2 Å². The lowest BCUT2D eigenvalue weighted by Crippen LogP contribution is -2.46. The molecule has 4 nitrogen and oxygen atoms in total. The van der Waals surface area contributed by atoms with Crippen LogP contribution in [0.25, 0.3) is 0 Å². The fraction of sp³-hybridized carbons (Fsp3) is 0.750. The highest BCUT2D eigenvalue weighted by atomic mass is 16.3. The van der Waals surface area contributed by atoms with Crippen LogP contribution in [0.2, 0.25) is 0 Å². The Bertz CT molecular complexity index is 324. The van der Waals surface area contributed by atoms with E-state index >= 15 is 0 Å². The van der Waals surface area contributed by atoms with Gasteiger partial charge in [0.25, 0.3) is 0 Å². The summed E-state index contributed by atoms with van der Waals surface area (Å²) in [6, 6.07) is 0.206. The molecule has 1 aromatic heterocycles. The van der Waals surface area contributed by atoms with E-state index in [1.807, 2.05) is 19.4 Å². The molecule has 0 aliphatic carbocycles. The first kappa shape index (κ1) is 13.2. The predicted molar refractivity (Wildman–Crippen MR) is 65.2 cm³/mol. The van der Waals surface area contributed by atoms with Crippen molar-refractivity contribution in [3.63, 3.8) is 0 Å². The Labute approximate surface area is 97.7 Å². The monoisotopic (exact) mass is 225 g/mol. The third-order valence-corrected chi connectivity index (χ3v) is 2.94. The second kappa shape index (κ2) is 5.46. The summed E-state index contributed by atoms with van der Waals surface area (Å²) in [5.74, 6) is 0. The molecule has 0 amide bonds. The smallest absolute Gasteiger partial charge is 0.0610 e. The first-order chi connectivity index (χ1) is 7.50. The number of nitrogens with zero attached hydrogens (tertiary/aromatic N) is 2. The molecule has 0 saturated carbocycles. The van der Waals surface area contributed by atoms with Crippen molar-refractivity contribution in [2.24, 2.45) is 7.05 Å². The zero-order valence-corrected chi connectivity index (χ0v) is 10.7. The van der Waals surface area contributed by atoms with Gasteiger partial charge in [-0.2, -0.15) is 5.10 Å². The molecule has 0 aromatic carbocycles. The molecule has 0 saturated heterocycles. The summed E-state index contributed by atoms with van der Waals surface area (Å²) >= 11 is 0. The quantitative estimate of drug-likeness (QED) is 0.773. The van der Waals surface area contributed by atoms with Crippen LogP contribution in [0.3, 0.4) is 0 Å². The van der Waals surface area contributed by atoms with Gasteiger partial charge in [0.15, 0.2) is 0 Å². The van der Waals surface area contributed by atoms with E-state index in [2.05, 4.69) is 31.2 Å². The van der Waals surface area contributed by atoms with Crippen molar-refractivity contribution < 1.29 is 5.11 Å². The van der Waals surface area contributed by atoms with Crippen molar-refractivity contribution in [3.8, 4) is 0 Å². The summed E-state index contributed by atoms with van der Waals surface area (Å²) in [5, 5.41) is 17.1. The summed E-state index contributed by atoms with van der Waals surface area (Å²) in [6.45, 7) is 6.44. The molecule has 0 fully saturated rings. The Kier molecular flexibility index (Phi) is 4.50. The third kappa shape index (κ3) is 3.32. The molecule has 16 heavy (non-hydrogen) atoms. The number of aliphatic hydroxyl groups excluding tert-OH is 1. The van der Waals surface area contributed by atoms with Crippen molar-refractivity contribution in [2.75, 3.05) is 6.61 Å². The minimum absolute atomic E-state index is 0.158. The SMILES string of the molecule is CCCC(C)(CO)NC(C)c1cnn(C)c1. The number of aromatic nitrogens is 2. The maximum absolute atomic E-state index is 9.43. The summed E-state index contributed by atoms with van der Waals surface area (Å²) in [5.41, 5.74) is 0.947. The molecule has 2 atom stereocenters. The molecule has 1 heterocycles. The lowest BCUT2D eigenvalue weighted by atomic mass is 9.95. The Hall–Kier alpha value is -0.870. The van der Waals surface area contributed by atoms with Crippen LogP contribution in [0, 0.1) is 0 Å². The van der Waals surface area contributed by atoms with Crippen molar-refractivity contribution >= 4 is 0 Å². The van der Waals surface area contributed by atoms with E-state index in [0.29, 0.717) is 0 Å². The number of aliphatic hydroxyl groups is 1. The van der Waals surface area contributed by atoms with Crippen molar-refractivity contribution in [2.45, 2.75) is 45.2 Å². The summed E-state index contributed by atoms with van der Waals surface area (Å²) in [7, 11) is 1.91. The minimum Gasteiger partial charge on any atom is -0.394 e. The second-order valence-electron chi connectivity index (χ2n) is 4.78. The Morgan fingerprint density at radius 1 is 1.62 bits per heavy atom. The van der Waals surface area contributed by atoms with Gasteiger partial charge >= 0.3 is 0 Å². The van der Waals surface area contributed by atoms with Crippen molar-refractivity contribution in [1.82, 2.24) is 15.1 Å². The standard InChI is InChI=1S/C12H23N3O/c1-5-6-12(3,9-16)14-10(2)11-7-13-15(4)8-11/h7-8,10,14,16H,5-6,9H2,1-4H3. The fourth-order valence-corrected chi connectivity index (χ4v) is 2.02. The predicted octanol–water partition coefficient (Wildman–Crippen LogP) is 1.62. The normalized spacial score (nSPS) is 17.1. The molecule has 4 heteroatoms. The molecule has 92 valence electrons. The van der Waals surface area contributed by atoms with Crippen LogP contribution in [0.5, 0.6) is 0 Å². The average molecular weight is 225 g/mol. The number of aryl methyl sites for hydroxylation is 1. The van der Waals surface area contributed by atoms with E-state index in [9.17, 15) is 5.11 Å². The maximum Gasteiger partial charge on any atom is 0.0610 e. The highest BCUT2D eigenvalue weighted by Gasteiger charge is 2.24. The van der Waals surface area contributed by atoms with Gasteiger partial charge in [-0.05, 0) is 20.3 Å². The molecule has 0 spiro atoms. The maximum atomic E-state index is 9.43. The van der Waals surface area contributed by atoms with E-state index in [1.54, 1.807) is 4.68 Å². The van der Waals surface area contributed by atoms with Crippen LogP contribution >= 0.6 is 0 Å². The molecule has 2 unspecified atom stereocenters. The number of hydrogen-bond acceptors (Lipinski definition) is 3. The third-order valence-electron chi connectivity index (χ3n) is 2.94. The summed E-state index contributed by atoms with van der Waals surface area (Å²) in [6.07, 6.45) is 5.89. The first-order valence-corrected chi connectivity index (χ1v) is 5.88. The van der Waals surface area contributed by atoms with Gasteiger partial charge in [-0.1, -0.05) is 13.3 Å². The highest BCUT2D eigenvalue weighted by molar-refractivity contribution is 5.10. The highest BCUT2D eigenvalue weighted by Crippen LogP contribution is 2.19. The molecule has 0 radical (unpaired) electrons. The van der Waals surface area contributed by atoms with Gasteiger partial charge in [-0.3, -0.25) is 4.68 Å². The molecule has 1 rings (SSSR count). The Balaban J connectivity index is 2.65. The van der Waals surface area contributed by atoms with Gasteiger partial charge in [-0.25, -0.2) is 0 Å². The fourth-order valence-electron chi connectivity index (χ4n) is 2.02. The molecule has 0 aliphatic rings. The minimum atomic E-state index is -0.204.